The number of benzene rings is 2. The van der Waals surface area contributed by atoms with Gasteiger partial charge in [0.25, 0.3) is 0 Å². The molecule has 0 aliphatic carbocycles. The van der Waals surface area contributed by atoms with Crippen LogP contribution in [0.25, 0.3) is 0 Å². The van der Waals surface area contributed by atoms with Gasteiger partial charge in [-0.1, -0.05) is 23.7 Å². The molecule has 6 heteroatoms. The molecule has 0 amide bonds. The van der Waals surface area contributed by atoms with E-state index in [0.717, 1.165) is 11.1 Å². The Labute approximate surface area is 129 Å². The van der Waals surface area contributed by atoms with Crippen molar-refractivity contribution in [3.05, 3.63) is 58.1 Å². The molecule has 0 spiro atoms. The average molecular weight is 326 g/mol. The summed E-state index contributed by atoms with van der Waals surface area (Å²) in [4.78, 5) is 0.100. The van der Waals surface area contributed by atoms with Crippen molar-refractivity contribution in [3.63, 3.8) is 0 Å². The molecule has 2 aromatic carbocycles. The zero-order valence-electron chi connectivity index (χ0n) is 11.8. The summed E-state index contributed by atoms with van der Waals surface area (Å²) >= 11 is 6.14. The van der Waals surface area contributed by atoms with E-state index in [9.17, 15) is 8.42 Å². The van der Waals surface area contributed by atoms with Gasteiger partial charge >= 0.3 is 0 Å². The number of primary sulfonamides is 1. The first kappa shape index (κ1) is 15.8. The molecule has 2 N–H and O–H groups in total. The predicted octanol–water partition coefficient (Wildman–Crippen LogP) is 3.18. The van der Waals surface area contributed by atoms with Crippen molar-refractivity contribution < 1.29 is 13.2 Å². The van der Waals surface area contributed by atoms with Crippen LogP contribution >= 0.6 is 11.6 Å². The summed E-state index contributed by atoms with van der Waals surface area (Å²) in [6.07, 6.45) is 0. The van der Waals surface area contributed by atoms with Gasteiger partial charge in [-0.05, 0) is 49.2 Å². The second-order valence-electron chi connectivity index (χ2n) is 4.86. The van der Waals surface area contributed by atoms with E-state index < -0.39 is 10.0 Å². The SMILES string of the molecule is Cc1ccc(COc2ccc(S(N)(=O)=O)c(C)c2)c(Cl)c1. The van der Waals surface area contributed by atoms with Crippen molar-refractivity contribution in [1.29, 1.82) is 0 Å². The van der Waals surface area contributed by atoms with Crippen molar-refractivity contribution in [3.8, 4) is 5.75 Å². The number of sulfonamides is 1. The van der Waals surface area contributed by atoms with Crippen molar-refractivity contribution in [2.75, 3.05) is 0 Å². The lowest BCUT2D eigenvalue weighted by molar-refractivity contribution is 0.306. The van der Waals surface area contributed by atoms with E-state index >= 15 is 0 Å². The maximum atomic E-state index is 11.3. The topological polar surface area (TPSA) is 69.4 Å². The summed E-state index contributed by atoms with van der Waals surface area (Å²) in [5, 5.41) is 5.77. The van der Waals surface area contributed by atoms with Crippen LogP contribution in [0.1, 0.15) is 16.7 Å². The molecule has 0 heterocycles. The molecule has 112 valence electrons. The van der Waals surface area contributed by atoms with Crippen LogP contribution in [0.4, 0.5) is 0 Å². The van der Waals surface area contributed by atoms with Gasteiger partial charge in [0.05, 0.1) is 4.90 Å². The fourth-order valence-corrected chi connectivity index (χ4v) is 3.02. The Balaban J connectivity index is 2.16. The predicted molar refractivity (Wildman–Crippen MR) is 83.1 cm³/mol. The van der Waals surface area contributed by atoms with Crippen LogP contribution < -0.4 is 9.88 Å². The summed E-state index contributed by atoms with van der Waals surface area (Å²) in [6.45, 7) is 3.95. The Bertz CT molecular complexity index is 772. The summed E-state index contributed by atoms with van der Waals surface area (Å²) in [5.74, 6) is 0.566. The lowest BCUT2D eigenvalue weighted by atomic mass is 10.1. The molecule has 0 aliphatic rings. The Hall–Kier alpha value is -1.56. The van der Waals surface area contributed by atoms with Gasteiger partial charge in [-0.15, -0.1) is 0 Å². The van der Waals surface area contributed by atoms with Crippen LogP contribution in [0, 0.1) is 13.8 Å². The number of hydrogen-bond acceptors (Lipinski definition) is 3. The first-order chi connectivity index (χ1) is 9.77. The molecule has 0 unspecified atom stereocenters. The highest BCUT2D eigenvalue weighted by Gasteiger charge is 2.12. The van der Waals surface area contributed by atoms with E-state index in [1.165, 1.54) is 6.07 Å². The van der Waals surface area contributed by atoms with Gasteiger partial charge in [-0.25, -0.2) is 13.6 Å². The first-order valence-electron chi connectivity index (χ1n) is 6.28. The highest BCUT2D eigenvalue weighted by atomic mass is 35.5. The molecule has 4 nitrogen and oxygen atoms in total. The van der Waals surface area contributed by atoms with Crippen molar-refractivity contribution in [1.82, 2.24) is 0 Å². The Morgan fingerprint density at radius 3 is 2.43 bits per heavy atom. The van der Waals surface area contributed by atoms with Gasteiger partial charge in [-0.3, -0.25) is 0 Å². The van der Waals surface area contributed by atoms with Gasteiger partial charge in [0.1, 0.15) is 12.4 Å². The Kier molecular flexibility index (Phi) is 4.56. The minimum atomic E-state index is -3.71. The molecule has 2 aromatic rings. The van der Waals surface area contributed by atoms with E-state index in [1.54, 1.807) is 19.1 Å². The molecular weight excluding hydrogens is 310 g/mol. The van der Waals surface area contributed by atoms with Crippen molar-refractivity contribution in [2.45, 2.75) is 25.3 Å². The Morgan fingerprint density at radius 1 is 1.14 bits per heavy atom. The van der Waals surface area contributed by atoms with Crippen LogP contribution in [-0.2, 0) is 16.6 Å². The van der Waals surface area contributed by atoms with Gasteiger partial charge in [-0.2, -0.15) is 0 Å². The molecule has 0 aliphatic heterocycles. The van der Waals surface area contributed by atoms with E-state index in [-0.39, 0.29) is 4.90 Å². The molecule has 0 atom stereocenters. The number of hydrogen-bond donors (Lipinski definition) is 1. The molecular formula is C15H16ClNO3S. The summed E-state index contributed by atoms with van der Waals surface area (Å²) in [7, 11) is -3.71. The minimum absolute atomic E-state index is 0.100. The third-order valence-corrected chi connectivity index (χ3v) is 4.48. The summed E-state index contributed by atoms with van der Waals surface area (Å²) in [5.41, 5.74) is 2.50. The Morgan fingerprint density at radius 2 is 1.86 bits per heavy atom. The number of aryl methyl sites for hydroxylation is 2. The summed E-state index contributed by atoms with van der Waals surface area (Å²) in [6, 6.07) is 10.4. The number of halogens is 1. The van der Waals surface area contributed by atoms with E-state index in [2.05, 4.69) is 0 Å². The van der Waals surface area contributed by atoms with E-state index in [4.69, 9.17) is 21.5 Å². The van der Waals surface area contributed by atoms with Crippen molar-refractivity contribution in [2.24, 2.45) is 5.14 Å². The zero-order chi connectivity index (χ0) is 15.6. The summed E-state index contributed by atoms with van der Waals surface area (Å²) < 4.78 is 28.3. The lowest BCUT2D eigenvalue weighted by Gasteiger charge is -2.10. The van der Waals surface area contributed by atoms with Crippen LogP contribution in [0.5, 0.6) is 5.75 Å². The van der Waals surface area contributed by atoms with Crippen LogP contribution in [0.2, 0.25) is 5.02 Å². The molecule has 0 aromatic heterocycles. The fourth-order valence-electron chi connectivity index (χ4n) is 1.96. The number of rotatable bonds is 4. The second-order valence-corrected chi connectivity index (χ2v) is 6.79. The first-order valence-corrected chi connectivity index (χ1v) is 8.21. The maximum absolute atomic E-state index is 11.3. The standard InChI is InChI=1S/C15H16ClNO3S/c1-10-3-4-12(14(16)7-10)9-20-13-5-6-15(11(2)8-13)21(17,18)19/h3-8H,9H2,1-2H3,(H2,17,18,19). The maximum Gasteiger partial charge on any atom is 0.238 e. The average Bonchev–Trinajstić information content (AvgIpc) is 2.36. The normalized spacial score (nSPS) is 11.4. The lowest BCUT2D eigenvalue weighted by Crippen LogP contribution is -2.13. The highest BCUT2D eigenvalue weighted by Crippen LogP contribution is 2.23. The van der Waals surface area contributed by atoms with Gasteiger partial charge in [0.2, 0.25) is 10.0 Å². The van der Waals surface area contributed by atoms with Gasteiger partial charge in [0.15, 0.2) is 0 Å². The monoisotopic (exact) mass is 325 g/mol. The molecule has 0 saturated heterocycles. The molecule has 0 bridgehead atoms. The third-order valence-electron chi connectivity index (χ3n) is 3.06. The molecule has 0 saturated carbocycles. The fraction of sp³-hybridized carbons (Fsp3) is 0.200. The number of nitrogens with two attached hydrogens (primary N) is 1. The highest BCUT2D eigenvalue weighted by molar-refractivity contribution is 7.89. The smallest absolute Gasteiger partial charge is 0.238 e. The largest absolute Gasteiger partial charge is 0.489 e. The van der Waals surface area contributed by atoms with Crippen LogP contribution in [0.3, 0.4) is 0 Å². The third kappa shape index (κ3) is 3.97. The molecule has 2 rings (SSSR count). The van der Waals surface area contributed by atoms with Crippen LogP contribution in [0.15, 0.2) is 41.3 Å². The van der Waals surface area contributed by atoms with Crippen molar-refractivity contribution >= 4 is 21.6 Å². The molecule has 21 heavy (non-hydrogen) atoms. The van der Waals surface area contributed by atoms with Gasteiger partial charge in [0, 0.05) is 10.6 Å². The van der Waals surface area contributed by atoms with E-state index in [0.29, 0.717) is 22.9 Å². The second kappa shape index (κ2) is 6.05. The quantitative estimate of drug-likeness (QED) is 0.938. The minimum Gasteiger partial charge on any atom is -0.489 e. The van der Waals surface area contributed by atoms with E-state index in [1.807, 2.05) is 25.1 Å². The molecule has 0 fully saturated rings. The molecule has 0 radical (unpaired) electrons. The zero-order valence-corrected chi connectivity index (χ0v) is 13.3. The number of ether oxygens (including phenoxy) is 1. The van der Waals surface area contributed by atoms with Gasteiger partial charge < -0.3 is 4.74 Å². The van der Waals surface area contributed by atoms with Crippen LogP contribution in [-0.4, -0.2) is 8.42 Å².